The molecule has 0 aliphatic rings. The first-order chi connectivity index (χ1) is 8.68. The van der Waals surface area contributed by atoms with Crippen molar-refractivity contribution in [1.82, 2.24) is 4.98 Å². The predicted octanol–water partition coefficient (Wildman–Crippen LogP) is 2.91. The van der Waals surface area contributed by atoms with Crippen LogP contribution in [0.15, 0.2) is 42.6 Å². The van der Waals surface area contributed by atoms with Crippen LogP contribution in [0.5, 0.6) is 0 Å². The molecule has 1 aromatic heterocycles. The molecule has 5 heteroatoms. The van der Waals surface area contributed by atoms with Crippen molar-refractivity contribution in [2.75, 3.05) is 5.32 Å². The Labute approximate surface area is 105 Å². The first kappa shape index (κ1) is 12.0. The van der Waals surface area contributed by atoms with Gasteiger partial charge in [-0.3, -0.25) is 10.1 Å². The Bertz CT molecular complexity index is 570. The van der Waals surface area contributed by atoms with Gasteiger partial charge in [0.1, 0.15) is 5.82 Å². The molecule has 0 saturated heterocycles. The molecule has 0 fully saturated rings. The zero-order chi connectivity index (χ0) is 13.0. The van der Waals surface area contributed by atoms with Crippen LogP contribution in [0, 0.1) is 17.0 Å². The van der Waals surface area contributed by atoms with E-state index in [-0.39, 0.29) is 10.6 Å². The number of nitrogens with zero attached hydrogens (tertiary/aromatic N) is 2. The Morgan fingerprint density at radius 3 is 2.78 bits per heavy atom. The average molecular weight is 243 g/mol. The Kier molecular flexibility index (Phi) is 3.52. The Balaban J connectivity index is 2.16. The van der Waals surface area contributed by atoms with Gasteiger partial charge >= 0.3 is 0 Å². The van der Waals surface area contributed by atoms with Crippen molar-refractivity contribution < 1.29 is 4.92 Å². The van der Waals surface area contributed by atoms with Gasteiger partial charge in [0.2, 0.25) is 0 Å². The maximum atomic E-state index is 10.9. The summed E-state index contributed by atoms with van der Waals surface area (Å²) in [5, 5.41) is 14.0. The smallest absolute Gasteiger partial charge is 0.274 e. The molecular weight excluding hydrogens is 230 g/mol. The van der Waals surface area contributed by atoms with E-state index in [9.17, 15) is 10.1 Å². The third-order valence-corrected chi connectivity index (χ3v) is 2.64. The van der Waals surface area contributed by atoms with E-state index in [0.29, 0.717) is 12.1 Å². The minimum atomic E-state index is -0.373. The fourth-order valence-electron chi connectivity index (χ4n) is 1.69. The lowest BCUT2D eigenvalue weighted by atomic mass is 10.2. The molecular formula is C13H13N3O2. The molecule has 18 heavy (non-hydrogen) atoms. The zero-order valence-electron chi connectivity index (χ0n) is 9.96. The van der Waals surface area contributed by atoms with Crippen LogP contribution in [0.25, 0.3) is 0 Å². The summed E-state index contributed by atoms with van der Waals surface area (Å²) in [7, 11) is 0. The van der Waals surface area contributed by atoms with Crippen LogP contribution < -0.4 is 5.32 Å². The largest absolute Gasteiger partial charge is 0.366 e. The number of nitrogens with one attached hydrogen (secondary N) is 1. The number of hydrogen-bond acceptors (Lipinski definition) is 4. The number of rotatable bonds is 4. The van der Waals surface area contributed by atoms with Gasteiger partial charge in [-0.1, -0.05) is 24.3 Å². The number of aryl methyl sites for hydroxylation is 1. The molecule has 2 rings (SSSR count). The lowest BCUT2D eigenvalue weighted by Gasteiger charge is -2.08. The van der Waals surface area contributed by atoms with E-state index in [4.69, 9.17) is 0 Å². The van der Waals surface area contributed by atoms with Crippen molar-refractivity contribution in [3.05, 3.63) is 63.8 Å². The summed E-state index contributed by atoms with van der Waals surface area (Å²) < 4.78 is 0. The number of pyridine rings is 1. The minimum absolute atomic E-state index is 0.124. The fourth-order valence-corrected chi connectivity index (χ4v) is 1.69. The van der Waals surface area contributed by atoms with Crippen molar-refractivity contribution in [1.29, 1.82) is 0 Å². The van der Waals surface area contributed by atoms with Crippen LogP contribution in [0.2, 0.25) is 0 Å². The summed E-state index contributed by atoms with van der Waals surface area (Å²) in [6.45, 7) is 2.32. The summed E-state index contributed by atoms with van der Waals surface area (Å²) in [5.41, 5.74) is 1.78. The highest BCUT2D eigenvalue weighted by molar-refractivity contribution is 5.46. The van der Waals surface area contributed by atoms with E-state index in [1.807, 2.05) is 19.1 Å². The lowest BCUT2D eigenvalue weighted by molar-refractivity contribution is -0.385. The van der Waals surface area contributed by atoms with Gasteiger partial charge in [-0.25, -0.2) is 4.98 Å². The van der Waals surface area contributed by atoms with Crippen molar-refractivity contribution >= 4 is 11.5 Å². The SMILES string of the molecule is Cc1cccnc1NCc1ccccc1[N+](=O)[O-]. The molecule has 1 aromatic carbocycles. The van der Waals surface area contributed by atoms with E-state index >= 15 is 0 Å². The molecule has 0 radical (unpaired) electrons. The summed E-state index contributed by atoms with van der Waals surface area (Å²) in [6, 6.07) is 10.5. The second-order valence-electron chi connectivity index (χ2n) is 3.91. The Hall–Kier alpha value is -2.43. The molecule has 0 amide bonds. The number of nitro groups is 1. The van der Waals surface area contributed by atoms with Crippen LogP contribution in [-0.2, 0) is 6.54 Å². The molecule has 92 valence electrons. The van der Waals surface area contributed by atoms with E-state index in [2.05, 4.69) is 10.3 Å². The predicted molar refractivity (Wildman–Crippen MR) is 69.4 cm³/mol. The second kappa shape index (κ2) is 5.27. The molecule has 0 atom stereocenters. The number of benzene rings is 1. The molecule has 0 unspecified atom stereocenters. The molecule has 1 N–H and O–H groups in total. The van der Waals surface area contributed by atoms with Gasteiger partial charge in [0.15, 0.2) is 0 Å². The number of para-hydroxylation sites is 1. The minimum Gasteiger partial charge on any atom is -0.366 e. The summed E-state index contributed by atoms with van der Waals surface area (Å²) in [6.07, 6.45) is 1.69. The summed E-state index contributed by atoms with van der Waals surface area (Å²) in [5.74, 6) is 0.746. The van der Waals surface area contributed by atoms with E-state index < -0.39 is 0 Å². The first-order valence-corrected chi connectivity index (χ1v) is 5.56. The van der Waals surface area contributed by atoms with Crippen molar-refractivity contribution in [2.24, 2.45) is 0 Å². The first-order valence-electron chi connectivity index (χ1n) is 5.56. The quantitative estimate of drug-likeness (QED) is 0.662. The van der Waals surface area contributed by atoms with E-state index in [0.717, 1.165) is 11.4 Å². The van der Waals surface area contributed by atoms with Gasteiger partial charge in [-0.15, -0.1) is 0 Å². The molecule has 0 aliphatic heterocycles. The van der Waals surface area contributed by atoms with E-state index in [1.165, 1.54) is 6.07 Å². The van der Waals surface area contributed by atoms with Gasteiger partial charge in [-0.05, 0) is 18.6 Å². The third-order valence-electron chi connectivity index (χ3n) is 2.64. The van der Waals surface area contributed by atoms with Crippen molar-refractivity contribution in [2.45, 2.75) is 13.5 Å². The number of anilines is 1. The molecule has 2 aromatic rings. The standard InChI is InChI=1S/C13H13N3O2/c1-10-5-4-8-14-13(10)15-9-11-6-2-3-7-12(11)16(17)18/h2-8H,9H2,1H3,(H,14,15). The highest BCUT2D eigenvalue weighted by Gasteiger charge is 2.11. The van der Waals surface area contributed by atoms with Gasteiger partial charge < -0.3 is 5.32 Å². The normalized spacial score (nSPS) is 10.1. The van der Waals surface area contributed by atoms with Crippen LogP contribution in [-0.4, -0.2) is 9.91 Å². The highest BCUT2D eigenvalue weighted by atomic mass is 16.6. The Morgan fingerprint density at radius 1 is 1.28 bits per heavy atom. The highest BCUT2D eigenvalue weighted by Crippen LogP contribution is 2.19. The maximum absolute atomic E-state index is 10.9. The molecule has 0 bridgehead atoms. The topological polar surface area (TPSA) is 68.1 Å². The van der Waals surface area contributed by atoms with E-state index in [1.54, 1.807) is 24.4 Å². The molecule has 5 nitrogen and oxygen atoms in total. The zero-order valence-corrected chi connectivity index (χ0v) is 9.96. The van der Waals surface area contributed by atoms with Gasteiger partial charge in [-0.2, -0.15) is 0 Å². The monoisotopic (exact) mass is 243 g/mol. The number of nitro benzene ring substituents is 1. The van der Waals surface area contributed by atoms with Crippen LogP contribution in [0.4, 0.5) is 11.5 Å². The number of aromatic nitrogens is 1. The second-order valence-corrected chi connectivity index (χ2v) is 3.91. The van der Waals surface area contributed by atoms with Crippen LogP contribution in [0.1, 0.15) is 11.1 Å². The molecule has 0 aliphatic carbocycles. The van der Waals surface area contributed by atoms with Gasteiger partial charge in [0.25, 0.3) is 5.69 Å². The van der Waals surface area contributed by atoms with Crippen molar-refractivity contribution in [3.8, 4) is 0 Å². The maximum Gasteiger partial charge on any atom is 0.274 e. The van der Waals surface area contributed by atoms with Crippen LogP contribution in [0.3, 0.4) is 0 Å². The fraction of sp³-hybridized carbons (Fsp3) is 0.154. The molecule has 0 spiro atoms. The average Bonchev–Trinajstić information content (AvgIpc) is 2.38. The lowest BCUT2D eigenvalue weighted by Crippen LogP contribution is -2.05. The summed E-state index contributed by atoms with van der Waals surface area (Å²) in [4.78, 5) is 14.7. The molecule has 0 saturated carbocycles. The third kappa shape index (κ3) is 2.63. The van der Waals surface area contributed by atoms with Crippen LogP contribution >= 0.6 is 0 Å². The van der Waals surface area contributed by atoms with Gasteiger partial charge in [0, 0.05) is 24.4 Å². The number of hydrogen-bond donors (Lipinski definition) is 1. The molecule has 1 heterocycles. The van der Waals surface area contributed by atoms with Gasteiger partial charge in [0.05, 0.1) is 4.92 Å². The Morgan fingerprint density at radius 2 is 2.06 bits per heavy atom. The summed E-state index contributed by atoms with van der Waals surface area (Å²) >= 11 is 0. The van der Waals surface area contributed by atoms with Crippen molar-refractivity contribution in [3.63, 3.8) is 0 Å².